The van der Waals surface area contributed by atoms with E-state index in [1.54, 1.807) is 0 Å². The van der Waals surface area contributed by atoms with Gasteiger partial charge in [0.25, 0.3) is 5.91 Å². The number of fused-ring (bicyclic) bond motifs is 1. The number of amides is 1. The third kappa shape index (κ3) is 4.25. The van der Waals surface area contributed by atoms with Gasteiger partial charge in [0, 0.05) is 23.2 Å². The molecular formula is C21H26N4O2S. The first kappa shape index (κ1) is 20.1. The number of hydrazone groups is 1. The fourth-order valence-electron chi connectivity index (χ4n) is 3.78. The van der Waals surface area contributed by atoms with Gasteiger partial charge in [-0.15, -0.1) is 0 Å². The number of nitrogens with one attached hydrogen (secondary N) is 2. The number of thiocarbonyl (C=S) groups is 1. The van der Waals surface area contributed by atoms with Crippen molar-refractivity contribution in [3.05, 3.63) is 52.0 Å². The second-order valence-corrected chi connectivity index (χ2v) is 8.68. The maximum atomic E-state index is 12.9. The van der Waals surface area contributed by atoms with Crippen molar-refractivity contribution < 1.29 is 9.21 Å². The lowest BCUT2D eigenvalue weighted by Crippen LogP contribution is -2.31. The van der Waals surface area contributed by atoms with E-state index in [4.69, 9.17) is 22.4 Å². The fourth-order valence-corrected chi connectivity index (χ4v) is 3.83. The molecule has 28 heavy (non-hydrogen) atoms. The molecule has 7 heteroatoms. The molecule has 1 aliphatic carbocycles. The van der Waals surface area contributed by atoms with E-state index in [0.717, 1.165) is 52.3 Å². The molecule has 3 rings (SSSR count). The second-order valence-electron chi connectivity index (χ2n) is 8.24. The monoisotopic (exact) mass is 398 g/mol. The van der Waals surface area contributed by atoms with Crippen molar-refractivity contribution in [2.75, 3.05) is 5.32 Å². The number of anilines is 1. The van der Waals surface area contributed by atoms with E-state index in [1.807, 2.05) is 32.9 Å². The smallest absolute Gasteiger partial charge is 0.291 e. The molecule has 1 heterocycles. The van der Waals surface area contributed by atoms with Crippen LogP contribution in [0.5, 0.6) is 0 Å². The normalized spacial score (nSPS) is 16.5. The van der Waals surface area contributed by atoms with Crippen LogP contribution in [0.3, 0.4) is 0 Å². The van der Waals surface area contributed by atoms with Crippen molar-refractivity contribution in [1.82, 2.24) is 5.43 Å². The van der Waals surface area contributed by atoms with Crippen LogP contribution in [0.1, 0.15) is 58.8 Å². The molecule has 1 aromatic carbocycles. The molecule has 0 aliphatic heterocycles. The van der Waals surface area contributed by atoms with Gasteiger partial charge in [0.05, 0.1) is 5.71 Å². The third-order valence-electron chi connectivity index (χ3n) is 4.78. The zero-order valence-corrected chi connectivity index (χ0v) is 17.7. The lowest BCUT2D eigenvalue weighted by molar-refractivity contribution is 0.0993. The Morgan fingerprint density at radius 1 is 1.18 bits per heavy atom. The summed E-state index contributed by atoms with van der Waals surface area (Å²) in [6.07, 6.45) is 1.46. The summed E-state index contributed by atoms with van der Waals surface area (Å²) in [5.74, 6) is 0.809. The molecule has 2 aromatic rings. The Bertz CT molecular complexity index is 968. The van der Waals surface area contributed by atoms with Crippen LogP contribution in [0.4, 0.5) is 5.69 Å². The Labute approximate surface area is 170 Å². The van der Waals surface area contributed by atoms with E-state index in [9.17, 15) is 4.79 Å². The zero-order valence-electron chi connectivity index (χ0n) is 16.9. The Morgan fingerprint density at radius 3 is 2.43 bits per heavy atom. The molecule has 0 fully saturated rings. The van der Waals surface area contributed by atoms with Gasteiger partial charge in [0.1, 0.15) is 5.76 Å². The van der Waals surface area contributed by atoms with Crippen LogP contribution in [-0.4, -0.2) is 16.7 Å². The first-order valence-corrected chi connectivity index (χ1v) is 9.61. The van der Waals surface area contributed by atoms with Crippen LogP contribution < -0.4 is 16.5 Å². The highest BCUT2D eigenvalue weighted by Gasteiger charge is 2.36. The zero-order chi connectivity index (χ0) is 20.6. The average molecular weight is 399 g/mol. The molecule has 0 radical (unpaired) electrons. The molecule has 4 N–H and O–H groups in total. The van der Waals surface area contributed by atoms with Crippen molar-refractivity contribution in [3.63, 3.8) is 0 Å². The first-order valence-electron chi connectivity index (χ1n) is 9.20. The number of carbonyl (C=O) groups is 1. The van der Waals surface area contributed by atoms with E-state index in [1.165, 1.54) is 0 Å². The highest BCUT2D eigenvalue weighted by molar-refractivity contribution is 7.80. The molecule has 1 amide bonds. The molecule has 0 saturated heterocycles. The SMILES string of the molecule is Cc1cc(C)cc(NC(=O)c2oc3c(c2C)/C(=N\NC(N)=S)CC(C)(C)C3)c1. The highest BCUT2D eigenvalue weighted by atomic mass is 32.1. The van der Waals surface area contributed by atoms with E-state index in [0.29, 0.717) is 5.76 Å². The number of nitrogens with zero attached hydrogens (tertiary/aromatic N) is 1. The summed E-state index contributed by atoms with van der Waals surface area (Å²) in [6.45, 7) is 10.2. The van der Waals surface area contributed by atoms with Gasteiger partial charge in [-0.3, -0.25) is 10.2 Å². The second kappa shape index (κ2) is 7.39. The van der Waals surface area contributed by atoms with E-state index in [-0.39, 0.29) is 16.4 Å². The van der Waals surface area contributed by atoms with E-state index in [2.05, 4.69) is 35.8 Å². The molecule has 1 aromatic heterocycles. The Kier molecular flexibility index (Phi) is 5.30. The molecule has 0 spiro atoms. The number of aryl methyl sites for hydroxylation is 2. The van der Waals surface area contributed by atoms with Crippen LogP contribution in [-0.2, 0) is 6.42 Å². The van der Waals surface area contributed by atoms with Crippen LogP contribution in [0.2, 0.25) is 0 Å². The fraction of sp³-hybridized carbons (Fsp3) is 0.381. The molecule has 0 unspecified atom stereocenters. The summed E-state index contributed by atoms with van der Waals surface area (Å²) in [4.78, 5) is 12.9. The molecule has 6 nitrogen and oxygen atoms in total. The summed E-state index contributed by atoms with van der Waals surface area (Å²) < 4.78 is 6.02. The number of carbonyl (C=O) groups excluding carboxylic acids is 1. The average Bonchev–Trinajstić information content (AvgIpc) is 2.87. The first-order chi connectivity index (χ1) is 13.1. The maximum Gasteiger partial charge on any atom is 0.291 e. The topological polar surface area (TPSA) is 92.6 Å². The number of nitrogens with two attached hydrogens (primary N) is 1. The van der Waals surface area contributed by atoms with E-state index < -0.39 is 0 Å². The highest BCUT2D eigenvalue weighted by Crippen LogP contribution is 2.39. The Hall–Kier alpha value is -2.67. The van der Waals surface area contributed by atoms with Gasteiger partial charge in [0.2, 0.25) is 0 Å². The predicted molar refractivity (Wildman–Crippen MR) is 116 cm³/mol. The lowest BCUT2D eigenvalue weighted by atomic mass is 9.75. The van der Waals surface area contributed by atoms with Crippen molar-refractivity contribution in [1.29, 1.82) is 0 Å². The van der Waals surface area contributed by atoms with Gasteiger partial charge in [-0.25, -0.2) is 0 Å². The van der Waals surface area contributed by atoms with Gasteiger partial charge in [-0.2, -0.15) is 5.10 Å². The number of furan rings is 1. The lowest BCUT2D eigenvalue weighted by Gasteiger charge is -2.29. The third-order valence-corrected chi connectivity index (χ3v) is 4.87. The summed E-state index contributed by atoms with van der Waals surface area (Å²) in [5, 5.41) is 7.42. The van der Waals surface area contributed by atoms with Gasteiger partial charge in [0.15, 0.2) is 10.9 Å². The van der Waals surface area contributed by atoms with Gasteiger partial charge in [-0.05, 0) is 68.1 Å². The number of rotatable bonds is 3. The van der Waals surface area contributed by atoms with Crippen LogP contribution in [0, 0.1) is 26.2 Å². The molecule has 0 saturated carbocycles. The summed E-state index contributed by atoms with van der Waals surface area (Å²) in [7, 11) is 0. The van der Waals surface area contributed by atoms with Crippen LogP contribution in [0.25, 0.3) is 0 Å². The van der Waals surface area contributed by atoms with E-state index >= 15 is 0 Å². The summed E-state index contributed by atoms with van der Waals surface area (Å²) in [6, 6.07) is 5.93. The number of hydrogen-bond donors (Lipinski definition) is 3. The number of benzene rings is 1. The molecule has 0 bridgehead atoms. The van der Waals surface area contributed by atoms with Crippen molar-refractivity contribution in [2.24, 2.45) is 16.3 Å². The standard InChI is InChI=1S/C21H26N4O2S/c1-11-6-12(2)8-14(7-11)23-19(26)18-13(3)17-15(24-25-20(22)28)9-21(4,5)10-16(17)27-18/h6-8H,9-10H2,1-5H3,(H,23,26)(H3,22,25,28)/b24-15-. The van der Waals surface area contributed by atoms with Crippen molar-refractivity contribution in [3.8, 4) is 0 Å². The molecule has 148 valence electrons. The summed E-state index contributed by atoms with van der Waals surface area (Å²) >= 11 is 4.87. The minimum Gasteiger partial charge on any atom is -0.455 e. The summed E-state index contributed by atoms with van der Waals surface area (Å²) in [5.41, 5.74) is 13.5. The van der Waals surface area contributed by atoms with Crippen LogP contribution in [0.15, 0.2) is 27.7 Å². The van der Waals surface area contributed by atoms with Crippen LogP contribution >= 0.6 is 12.2 Å². The minimum absolute atomic E-state index is 0.0462. The van der Waals surface area contributed by atoms with Gasteiger partial charge < -0.3 is 15.5 Å². The van der Waals surface area contributed by atoms with Crippen molar-refractivity contribution >= 4 is 34.6 Å². The molecule has 1 aliphatic rings. The minimum atomic E-state index is -0.267. The number of hydrogen-bond acceptors (Lipinski definition) is 4. The molecule has 0 atom stereocenters. The van der Waals surface area contributed by atoms with Crippen molar-refractivity contribution in [2.45, 2.75) is 47.5 Å². The van der Waals surface area contributed by atoms with Gasteiger partial charge >= 0.3 is 0 Å². The molecular weight excluding hydrogens is 372 g/mol. The Balaban J connectivity index is 1.97. The quantitative estimate of drug-likeness (QED) is 0.537. The largest absolute Gasteiger partial charge is 0.455 e. The van der Waals surface area contributed by atoms with Gasteiger partial charge in [-0.1, -0.05) is 19.9 Å². The Morgan fingerprint density at radius 2 is 1.82 bits per heavy atom. The predicted octanol–water partition coefficient (Wildman–Crippen LogP) is 3.97. The maximum absolute atomic E-state index is 12.9.